The summed E-state index contributed by atoms with van der Waals surface area (Å²) >= 11 is 0. The van der Waals surface area contributed by atoms with Gasteiger partial charge in [-0.15, -0.1) is 0 Å². The molecular formula is C7H14N2O4. The fraction of sp³-hybridized carbons (Fsp3) is 0.857. The van der Waals surface area contributed by atoms with Crippen molar-refractivity contribution >= 4 is 5.91 Å². The number of carbonyl (C=O) groups excluding carboxylic acids is 1. The Morgan fingerprint density at radius 2 is 2.38 bits per heavy atom. The van der Waals surface area contributed by atoms with Crippen LogP contribution in [0.3, 0.4) is 0 Å². The minimum absolute atomic E-state index is 0.210. The maximum atomic E-state index is 11.0. The summed E-state index contributed by atoms with van der Waals surface area (Å²) in [6.45, 7) is 1.05. The second kappa shape index (κ2) is 4.01. The highest BCUT2D eigenvalue weighted by Gasteiger charge is 2.39. The van der Waals surface area contributed by atoms with Crippen molar-refractivity contribution in [1.82, 2.24) is 10.4 Å². The lowest BCUT2D eigenvalue weighted by atomic mass is 10.1. The minimum atomic E-state index is -1.12. The first-order valence-corrected chi connectivity index (χ1v) is 4.08. The molecule has 0 aromatic heterocycles. The summed E-state index contributed by atoms with van der Waals surface area (Å²) in [6, 6.07) is -0.762. The third-order valence-electron chi connectivity index (χ3n) is 2.08. The Morgan fingerprint density at radius 3 is 2.85 bits per heavy atom. The van der Waals surface area contributed by atoms with Crippen molar-refractivity contribution in [1.29, 1.82) is 0 Å². The fourth-order valence-corrected chi connectivity index (χ4v) is 1.45. The van der Waals surface area contributed by atoms with E-state index in [0.29, 0.717) is 0 Å². The van der Waals surface area contributed by atoms with Gasteiger partial charge in [-0.2, -0.15) is 0 Å². The van der Waals surface area contributed by atoms with Crippen LogP contribution in [0.15, 0.2) is 0 Å². The van der Waals surface area contributed by atoms with E-state index >= 15 is 0 Å². The van der Waals surface area contributed by atoms with Crippen LogP contribution in [0.25, 0.3) is 0 Å². The van der Waals surface area contributed by atoms with E-state index in [0.717, 1.165) is 5.01 Å². The molecule has 1 rings (SSSR count). The Kier molecular flexibility index (Phi) is 3.21. The molecule has 1 aliphatic heterocycles. The summed E-state index contributed by atoms with van der Waals surface area (Å²) in [6.07, 6.45) is -1.96. The van der Waals surface area contributed by atoms with E-state index in [1.54, 1.807) is 0 Å². The molecule has 0 radical (unpaired) electrons. The molecule has 13 heavy (non-hydrogen) atoms. The van der Waals surface area contributed by atoms with Crippen molar-refractivity contribution in [2.24, 2.45) is 0 Å². The molecule has 1 saturated heterocycles. The van der Waals surface area contributed by atoms with E-state index in [9.17, 15) is 15.0 Å². The molecule has 0 spiro atoms. The molecule has 0 bridgehead atoms. The van der Waals surface area contributed by atoms with E-state index < -0.39 is 24.9 Å². The van der Waals surface area contributed by atoms with Gasteiger partial charge in [0.05, 0.1) is 12.7 Å². The molecule has 2 unspecified atom stereocenters. The zero-order valence-corrected chi connectivity index (χ0v) is 7.34. The number of hydrazine groups is 1. The molecule has 0 aromatic rings. The number of nitrogens with zero attached hydrogens (tertiary/aromatic N) is 1. The van der Waals surface area contributed by atoms with Gasteiger partial charge in [-0.05, 0) is 0 Å². The second-order valence-corrected chi connectivity index (χ2v) is 3.06. The predicted octanol–water partition coefficient (Wildman–Crippen LogP) is -2.56. The molecule has 3 atom stereocenters. The number of β-amino-alcohol motifs (C(OH)–C–C–N with tert-alkyl or cyclic N) is 1. The highest BCUT2D eigenvalue weighted by atomic mass is 16.3. The van der Waals surface area contributed by atoms with Crippen LogP contribution < -0.4 is 5.43 Å². The number of nitrogens with one attached hydrogen (secondary N) is 1. The van der Waals surface area contributed by atoms with Crippen LogP contribution in [0.1, 0.15) is 6.92 Å². The Labute approximate surface area is 75.7 Å². The Morgan fingerprint density at radius 1 is 1.77 bits per heavy atom. The van der Waals surface area contributed by atoms with Gasteiger partial charge >= 0.3 is 0 Å². The summed E-state index contributed by atoms with van der Waals surface area (Å²) < 4.78 is 0. The minimum Gasteiger partial charge on any atom is -0.394 e. The molecular weight excluding hydrogens is 176 g/mol. The van der Waals surface area contributed by atoms with Crippen molar-refractivity contribution in [3.63, 3.8) is 0 Å². The van der Waals surface area contributed by atoms with Crippen molar-refractivity contribution in [2.45, 2.75) is 25.2 Å². The van der Waals surface area contributed by atoms with Gasteiger partial charge in [0.1, 0.15) is 12.1 Å². The number of aliphatic hydroxyl groups excluding tert-OH is 3. The molecule has 0 aliphatic carbocycles. The lowest BCUT2D eigenvalue weighted by Crippen LogP contribution is -2.50. The normalized spacial score (nSPS) is 30.6. The number of hydrogen-bond acceptors (Lipinski definition) is 5. The SMILES string of the molecule is CC(=O)N1NCC(O)[C@H]1C(O)CO. The Balaban J connectivity index is 2.70. The van der Waals surface area contributed by atoms with Crippen molar-refractivity contribution in [3.8, 4) is 0 Å². The lowest BCUT2D eigenvalue weighted by Gasteiger charge is -2.27. The maximum absolute atomic E-state index is 11.0. The van der Waals surface area contributed by atoms with E-state index in [1.165, 1.54) is 6.92 Å². The predicted molar refractivity (Wildman–Crippen MR) is 43.4 cm³/mol. The fourth-order valence-electron chi connectivity index (χ4n) is 1.45. The zero-order chi connectivity index (χ0) is 10.0. The molecule has 76 valence electrons. The Hall–Kier alpha value is -0.690. The summed E-state index contributed by atoms with van der Waals surface area (Å²) in [5.74, 6) is -0.297. The molecule has 6 nitrogen and oxygen atoms in total. The average molecular weight is 190 g/mol. The van der Waals surface area contributed by atoms with Crippen LogP contribution >= 0.6 is 0 Å². The highest BCUT2D eigenvalue weighted by Crippen LogP contribution is 2.13. The van der Waals surface area contributed by atoms with Gasteiger partial charge in [0, 0.05) is 13.5 Å². The first-order chi connectivity index (χ1) is 6.07. The number of aliphatic hydroxyl groups is 3. The Bertz CT molecular complexity index is 199. The lowest BCUT2D eigenvalue weighted by molar-refractivity contribution is -0.137. The summed E-state index contributed by atoms with van der Waals surface area (Å²) in [7, 11) is 0. The van der Waals surface area contributed by atoms with Crippen LogP contribution in [-0.2, 0) is 4.79 Å². The third-order valence-corrected chi connectivity index (χ3v) is 2.08. The number of hydrogen-bond donors (Lipinski definition) is 4. The van der Waals surface area contributed by atoms with E-state index in [4.69, 9.17) is 5.11 Å². The molecule has 4 N–H and O–H groups in total. The quantitative estimate of drug-likeness (QED) is 0.384. The van der Waals surface area contributed by atoms with Gasteiger partial charge in [0.2, 0.25) is 5.91 Å². The standard InChI is InChI=1S/C7H14N2O4/c1-4(11)9-7(6(13)3-10)5(12)2-8-9/h5-8,10,12-13H,2-3H2,1H3/t5?,6?,7-/m0/s1. The first kappa shape index (κ1) is 10.4. The third kappa shape index (κ3) is 1.97. The summed E-state index contributed by atoms with van der Waals surface area (Å²) in [5.41, 5.74) is 2.63. The molecule has 1 fully saturated rings. The summed E-state index contributed by atoms with van der Waals surface area (Å²) in [5, 5.41) is 28.5. The monoisotopic (exact) mass is 190 g/mol. The largest absolute Gasteiger partial charge is 0.394 e. The number of amides is 1. The van der Waals surface area contributed by atoms with Crippen LogP contribution in [-0.4, -0.2) is 57.6 Å². The molecule has 1 amide bonds. The molecule has 1 aliphatic rings. The topological polar surface area (TPSA) is 93.0 Å². The second-order valence-electron chi connectivity index (χ2n) is 3.06. The zero-order valence-electron chi connectivity index (χ0n) is 7.34. The van der Waals surface area contributed by atoms with Crippen LogP contribution in [0.5, 0.6) is 0 Å². The van der Waals surface area contributed by atoms with E-state index in [1.807, 2.05) is 0 Å². The number of rotatable bonds is 2. The van der Waals surface area contributed by atoms with Gasteiger partial charge in [-0.1, -0.05) is 0 Å². The van der Waals surface area contributed by atoms with Gasteiger partial charge in [0.15, 0.2) is 0 Å². The van der Waals surface area contributed by atoms with Crippen molar-refractivity contribution in [3.05, 3.63) is 0 Å². The van der Waals surface area contributed by atoms with Gasteiger partial charge < -0.3 is 15.3 Å². The van der Waals surface area contributed by atoms with Crippen LogP contribution in [0, 0.1) is 0 Å². The van der Waals surface area contributed by atoms with Crippen LogP contribution in [0.4, 0.5) is 0 Å². The van der Waals surface area contributed by atoms with Gasteiger partial charge in [-0.25, -0.2) is 5.43 Å². The van der Waals surface area contributed by atoms with Crippen molar-refractivity contribution < 1.29 is 20.1 Å². The average Bonchev–Trinajstić information content (AvgIpc) is 2.46. The van der Waals surface area contributed by atoms with E-state index in [2.05, 4.69) is 5.43 Å². The number of carbonyl (C=O) groups is 1. The van der Waals surface area contributed by atoms with Gasteiger partial charge in [0.25, 0.3) is 0 Å². The first-order valence-electron chi connectivity index (χ1n) is 4.08. The van der Waals surface area contributed by atoms with Gasteiger partial charge in [-0.3, -0.25) is 9.80 Å². The van der Waals surface area contributed by atoms with Crippen molar-refractivity contribution in [2.75, 3.05) is 13.2 Å². The van der Waals surface area contributed by atoms with E-state index in [-0.39, 0.29) is 12.5 Å². The maximum Gasteiger partial charge on any atom is 0.233 e. The summed E-state index contributed by atoms with van der Waals surface area (Å²) in [4.78, 5) is 11.0. The highest BCUT2D eigenvalue weighted by molar-refractivity contribution is 5.73. The molecule has 0 saturated carbocycles. The molecule has 0 aromatic carbocycles. The van der Waals surface area contributed by atoms with Crippen LogP contribution in [0.2, 0.25) is 0 Å². The molecule has 6 heteroatoms. The smallest absolute Gasteiger partial charge is 0.233 e. The molecule has 1 heterocycles.